The Morgan fingerprint density at radius 2 is 1.78 bits per heavy atom. The van der Waals surface area contributed by atoms with Gasteiger partial charge in [0.25, 0.3) is 5.91 Å². The first kappa shape index (κ1) is 19.6. The van der Waals surface area contributed by atoms with Crippen LogP contribution in [-0.4, -0.2) is 44.4 Å². The Morgan fingerprint density at radius 3 is 2.44 bits per heavy atom. The molecule has 32 heavy (non-hydrogen) atoms. The van der Waals surface area contributed by atoms with Crippen molar-refractivity contribution >= 4 is 17.5 Å². The van der Waals surface area contributed by atoms with Crippen LogP contribution >= 0.6 is 0 Å². The number of benzene rings is 2. The molecule has 0 saturated carbocycles. The third-order valence-corrected chi connectivity index (χ3v) is 5.65. The molecule has 1 fully saturated rings. The van der Waals surface area contributed by atoms with Gasteiger partial charge < -0.3 is 20.4 Å². The predicted molar refractivity (Wildman–Crippen MR) is 120 cm³/mol. The van der Waals surface area contributed by atoms with Crippen molar-refractivity contribution < 1.29 is 14.3 Å². The molecule has 0 atom stereocenters. The highest BCUT2D eigenvalue weighted by molar-refractivity contribution is 5.98. The Bertz CT molecular complexity index is 1320. The molecule has 5 rings (SSSR count). The van der Waals surface area contributed by atoms with E-state index in [0.717, 1.165) is 16.9 Å². The third-order valence-electron chi connectivity index (χ3n) is 5.65. The minimum atomic E-state index is -0.581. The van der Waals surface area contributed by atoms with Gasteiger partial charge in [0.05, 0.1) is 11.9 Å². The number of nitrogens with two attached hydrogens (primary N) is 1. The number of primary amides is 1. The van der Waals surface area contributed by atoms with Gasteiger partial charge in [-0.2, -0.15) is 5.10 Å². The summed E-state index contributed by atoms with van der Waals surface area (Å²) < 4.78 is 7.38. The summed E-state index contributed by atoms with van der Waals surface area (Å²) in [4.78, 5) is 29.1. The molecule has 0 radical (unpaired) electrons. The Labute approximate surface area is 183 Å². The average Bonchev–Trinajstić information content (AvgIpc) is 3.33. The number of hydrogen-bond acceptors (Lipinski definition) is 4. The lowest BCUT2D eigenvalue weighted by atomic mass is 9.93. The molecular formula is C24H21N5O3. The Balaban J connectivity index is 1.45. The van der Waals surface area contributed by atoms with Gasteiger partial charge in [-0.3, -0.25) is 9.59 Å². The zero-order chi connectivity index (χ0) is 22.2. The van der Waals surface area contributed by atoms with Gasteiger partial charge in [0, 0.05) is 30.1 Å². The summed E-state index contributed by atoms with van der Waals surface area (Å²) in [5.74, 6) is 0.880. The Morgan fingerprint density at radius 1 is 1.09 bits per heavy atom. The van der Waals surface area contributed by atoms with Crippen LogP contribution in [0.5, 0.6) is 11.5 Å². The van der Waals surface area contributed by atoms with Gasteiger partial charge in [-0.1, -0.05) is 24.8 Å². The number of aromatic nitrogens is 3. The lowest BCUT2D eigenvalue weighted by Crippen LogP contribution is -2.47. The topological polar surface area (TPSA) is 106 Å². The Kier molecular flexibility index (Phi) is 4.74. The number of likely N-dealkylation sites (tertiary alicyclic amines) is 1. The van der Waals surface area contributed by atoms with Gasteiger partial charge in [0.1, 0.15) is 17.1 Å². The van der Waals surface area contributed by atoms with E-state index in [1.165, 1.54) is 6.08 Å². The van der Waals surface area contributed by atoms with Crippen LogP contribution in [0.3, 0.4) is 0 Å². The fraction of sp³-hybridized carbons (Fsp3) is 0.125. The van der Waals surface area contributed by atoms with Crippen LogP contribution in [0.2, 0.25) is 0 Å². The number of para-hydroxylation sites is 1. The van der Waals surface area contributed by atoms with Crippen molar-refractivity contribution in [1.82, 2.24) is 19.5 Å². The summed E-state index contributed by atoms with van der Waals surface area (Å²) in [6.07, 6.45) is 3.03. The molecule has 1 saturated heterocycles. The standard InChI is InChI=1S/C24H21N5O3/c1-2-20(30)28-13-16(14-28)19-12-26-29-22(23(25)31)21(27-24(19)29)15-8-10-18(11-9-15)32-17-6-4-3-5-7-17/h2-12,16,27H,1,13-14H2,(H2,25,31). The second kappa shape index (κ2) is 7.73. The summed E-state index contributed by atoms with van der Waals surface area (Å²) in [7, 11) is 0. The smallest absolute Gasteiger partial charge is 0.269 e. The minimum Gasteiger partial charge on any atom is -0.457 e. The monoisotopic (exact) mass is 427 g/mol. The second-order valence-electron chi connectivity index (χ2n) is 7.66. The summed E-state index contributed by atoms with van der Waals surface area (Å²) in [5.41, 5.74) is 8.99. The summed E-state index contributed by atoms with van der Waals surface area (Å²) in [5, 5.41) is 4.39. The van der Waals surface area contributed by atoms with Crippen LogP contribution < -0.4 is 10.5 Å². The number of carbonyl (C=O) groups excluding carboxylic acids is 2. The van der Waals surface area contributed by atoms with Gasteiger partial charge in [-0.25, -0.2) is 4.52 Å². The first-order valence-electron chi connectivity index (χ1n) is 10.2. The number of ether oxygens (including phenoxy) is 1. The predicted octanol–water partition coefficient (Wildman–Crippen LogP) is 3.33. The van der Waals surface area contributed by atoms with E-state index in [4.69, 9.17) is 10.5 Å². The molecule has 160 valence electrons. The molecular weight excluding hydrogens is 406 g/mol. The molecule has 1 aliphatic heterocycles. The van der Waals surface area contributed by atoms with Crippen molar-refractivity contribution in [2.24, 2.45) is 5.73 Å². The third kappa shape index (κ3) is 3.31. The molecule has 2 amide bonds. The van der Waals surface area contributed by atoms with Crippen LogP contribution in [0.25, 0.3) is 16.9 Å². The number of carbonyl (C=O) groups is 2. The molecule has 3 heterocycles. The van der Waals surface area contributed by atoms with Gasteiger partial charge in [-0.05, 0) is 42.5 Å². The first-order valence-corrected chi connectivity index (χ1v) is 10.2. The minimum absolute atomic E-state index is 0.0903. The molecule has 8 nitrogen and oxygen atoms in total. The highest BCUT2D eigenvalue weighted by Crippen LogP contribution is 2.33. The summed E-state index contributed by atoms with van der Waals surface area (Å²) in [6.45, 7) is 4.69. The van der Waals surface area contributed by atoms with Gasteiger partial charge in [0.2, 0.25) is 5.91 Å². The number of amides is 2. The number of nitrogens with one attached hydrogen (secondary N) is 1. The molecule has 2 aromatic carbocycles. The molecule has 3 N–H and O–H groups in total. The number of nitrogens with zero attached hydrogens (tertiary/aromatic N) is 3. The van der Waals surface area contributed by atoms with Crippen molar-refractivity contribution in [3.05, 3.63) is 84.7 Å². The normalized spacial score (nSPS) is 13.7. The highest BCUT2D eigenvalue weighted by Gasteiger charge is 2.34. The van der Waals surface area contributed by atoms with E-state index in [2.05, 4.69) is 16.7 Å². The number of rotatable bonds is 6. The lowest BCUT2D eigenvalue weighted by molar-refractivity contribution is -0.130. The van der Waals surface area contributed by atoms with Crippen molar-refractivity contribution in [3.8, 4) is 22.8 Å². The molecule has 1 aliphatic rings. The van der Waals surface area contributed by atoms with Crippen molar-refractivity contribution in [2.45, 2.75) is 5.92 Å². The highest BCUT2D eigenvalue weighted by atomic mass is 16.5. The quantitative estimate of drug-likeness (QED) is 0.460. The van der Waals surface area contributed by atoms with E-state index in [9.17, 15) is 9.59 Å². The van der Waals surface area contributed by atoms with E-state index in [0.29, 0.717) is 30.2 Å². The maximum atomic E-state index is 12.3. The second-order valence-corrected chi connectivity index (χ2v) is 7.66. The van der Waals surface area contributed by atoms with Gasteiger partial charge in [0.15, 0.2) is 5.69 Å². The molecule has 4 aromatic rings. The van der Waals surface area contributed by atoms with Crippen LogP contribution in [-0.2, 0) is 4.79 Å². The number of imidazole rings is 1. The zero-order valence-corrected chi connectivity index (χ0v) is 17.2. The maximum Gasteiger partial charge on any atom is 0.269 e. The van der Waals surface area contributed by atoms with E-state index in [-0.39, 0.29) is 17.5 Å². The van der Waals surface area contributed by atoms with E-state index >= 15 is 0 Å². The molecule has 0 bridgehead atoms. The van der Waals surface area contributed by atoms with E-state index in [1.807, 2.05) is 54.6 Å². The number of H-pyrrole nitrogens is 1. The number of aromatic amines is 1. The molecule has 2 aromatic heterocycles. The number of fused-ring (bicyclic) bond motifs is 1. The van der Waals surface area contributed by atoms with Crippen LogP contribution in [0, 0.1) is 0 Å². The molecule has 0 aliphatic carbocycles. The van der Waals surface area contributed by atoms with Crippen LogP contribution in [0.4, 0.5) is 0 Å². The van der Waals surface area contributed by atoms with Gasteiger partial charge in [-0.15, -0.1) is 0 Å². The SMILES string of the molecule is C=CC(=O)N1CC(c2cnn3c(C(N)=O)c(-c4ccc(Oc5ccccc5)cc4)[nH]c23)C1. The first-order chi connectivity index (χ1) is 15.5. The lowest BCUT2D eigenvalue weighted by Gasteiger charge is -2.38. The van der Waals surface area contributed by atoms with Crippen LogP contribution in [0.15, 0.2) is 73.4 Å². The summed E-state index contributed by atoms with van der Waals surface area (Å²) >= 11 is 0. The van der Waals surface area contributed by atoms with Crippen molar-refractivity contribution in [2.75, 3.05) is 13.1 Å². The van der Waals surface area contributed by atoms with Crippen LogP contribution in [0.1, 0.15) is 22.0 Å². The molecule has 0 unspecified atom stereocenters. The largest absolute Gasteiger partial charge is 0.457 e. The molecule has 8 heteroatoms. The maximum absolute atomic E-state index is 12.3. The zero-order valence-electron chi connectivity index (χ0n) is 17.2. The van der Waals surface area contributed by atoms with E-state index < -0.39 is 5.91 Å². The van der Waals surface area contributed by atoms with E-state index in [1.54, 1.807) is 15.6 Å². The fourth-order valence-electron chi connectivity index (χ4n) is 3.97. The average molecular weight is 427 g/mol. The van der Waals surface area contributed by atoms with Gasteiger partial charge >= 0.3 is 0 Å². The molecule has 0 spiro atoms. The summed E-state index contributed by atoms with van der Waals surface area (Å²) in [6, 6.07) is 16.9. The number of hydrogen-bond donors (Lipinski definition) is 2. The van der Waals surface area contributed by atoms with Crippen molar-refractivity contribution in [3.63, 3.8) is 0 Å². The Hall–Kier alpha value is -4.33. The van der Waals surface area contributed by atoms with Crippen molar-refractivity contribution in [1.29, 1.82) is 0 Å². The fourth-order valence-corrected chi connectivity index (χ4v) is 3.97.